The number of aliphatic hydroxyl groups excluding tert-OH is 1. The number of aliphatic imine (C=N–C) groups is 1. The summed E-state index contributed by atoms with van der Waals surface area (Å²) in [6.07, 6.45) is 2.59. The fraction of sp³-hybridized carbons (Fsp3) is 0.292. The molecular formula is C24H25NO6S. The fourth-order valence-electron chi connectivity index (χ4n) is 3.26. The molecule has 0 fully saturated rings. The second-order valence-corrected chi connectivity index (χ2v) is 7.91. The van der Waals surface area contributed by atoms with Crippen LogP contribution in [0.4, 0.5) is 0 Å². The number of amides is 1. The zero-order chi connectivity index (χ0) is 23.3. The third kappa shape index (κ3) is 4.80. The Kier molecular flexibility index (Phi) is 7.58. The molecule has 7 nitrogen and oxygen atoms in total. The molecule has 0 unspecified atom stereocenters. The van der Waals surface area contributed by atoms with E-state index in [1.165, 1.54) is 0 Å². The Morgan fingerprint density at radius 3 is 2.53 bits per heavy atom. The van der Waals surface area contributed by atoms with Crippen molar-refractivity contribution in [2.24, 2.45) is 4.99 Å². The largest absolute Gasteiger partial charge is 0.506 e. The number of rotatable bonds is 7. The van der Waals surface area contributed by atoms with E-state index in [0.717, 1.165) is 22.5 Å². The molecule has 168 valence electrons. The lowest BCUT2D eigenvalue weighted by Crippen LogP contribution is -2.14. The zero-order valence-electron chi connectivity index (χ0n) is 18.4. The molecule has 1 aliphatic heterocycles. The lowest BCUT2D eigenvalue weighted by molar-refractivity contribution is -0.138. The van der Waals surface area contributed by atoms with Gasteiger partial charge in [0, 0.05) is 12.0 Å². The van der Waals surface area contributed by atoms with Crippen molar-refractivity contribution in [2.45, 2.75) is 26.7 Å². The van der Waals surface area contributed by atoms with Gasteiger partial charge in [-0.15, -0.1) is 0 Å². The lowest BCUT2D eigenvalue weighted by Gasteiger charge is -2.11. The van der Waals surface area contributed by atoms with Crippen molar-refractivity contribution in [3.63, 3.8) is 0 Å². The van der Waals surface area contributed by atoms with E-state index in [-0.39, 0.29) is 35.3 Å². The molecule has 0 spiro atoms. The van der Waals surface area contributed by atoms with E-state index in [1.54, 1.807) is 27.2 Å². The minimum Gasteiger partial charge on any atom is -0.506 e. The first-order chi connectivity index (χ1) is 15.4. The Morgan fingerprint density at radius 2 is 1.88 bits per heavy atom. The van der Waals surface area contributed by atoms with Crippen LogP contribution in [0.5, 0.6) is 11.5 Å². The van der Waals surface area contributed by atoms with E-state index < -0.39 is 5.97 Å². The van der Waals surface area contributed by atoms with E-state index in [9.17, 15) is 14.7 Å². The predicted molar refractivity (Wildman–Crippen MR) is 126 cm³/mol. The minimum atomic E-state index is -0.726. The predicted octanol–water partition coefficient (Wildman–Crippen LogP) is 5.05. The van der Waals surface area contributed by atoms with Crippen molar-refractivity contribution in [1.29, 1.82) is 0 Å². The normalized spacial score (nSPS) is 16.1. The molecule has 32 heavy (non-hydrogen) atoms. The highest BCUT2D eigenvalue weighted by molar-refractivity contribution is 8.18. The Bertz CT molecular complexity index is 1140. The molecular weight excluding hydrogens is 430 g/mol. The van der Waals surface area contributed by atoms with E-state index in [4.69, 9.17) is 14.2 Å². The van der Waals surface area contributed by atoms with Gasteiger partial charge in [-0.25, -0.2) is 9.79 Å². The van der Waals surface area contributed by atoms with Gasteiger partial charge in [0.2, 0.25) is 5.91 Å². The number of thioether (sulfide) groups is 1. The lowest BCUT2D eigenvalue weighted by atomic mass is 10.0. The monoisotopic (exact) mass is 455 g/mol. The van der Waals surface area contributed by atoms with Crippen molar-refractivity contribution in [3.05, 3.63) is 52.1 Å². The van der Waals surface area contributed by atoms with Crippen molar-refractivity contribution in [2.75, 3.05) is 20.8 Å². The number of esters is 1. The first kappa shape index (κ1) is 23.4. The quantitative estimate of drug-likeness (QED) is 0.584. The van der Waals surface area contributed by atoms with Crippen LogP contribution in [0, 0.1) is 0 Å². The number of aliphatic hydroxyl groups is 1. The summed E-state index contributed by atoms with van der Waals surface area (Å²) in [7, 11) is 3.14. The Balaban J connectivity index is 2.18. The van der Waals surface area contributed by atoms with Gasteiger partial charge in [-0.3, -0.25) is 4.79 Å². The molecule has 2 aromatic rings. The van der Waals surface area contributed by atoms with Crippen LogP contribution in [-0.4, -0.2) is 42.9 Å². The maximum absolute atomic E-state index is 12.5. The number of nitrogens with zero attached hydrogens (tertiary/aromatic N) is 1. The molecule has 0 radical (unpaired) electrons. The third-order valence-electron chi connectivity index (χ3n) is 4.79. The fourth-order valence-corrected chi connectivity index (χ4v) is 4.28. The highest BCUT2D eigenvalue weighted by Crippen LogP contribution is 2.42. The molecule has 1 aliphatic rings. The molecule has 0 aromatic heterocycles. The van der Waals surface area contributed by atoms with Gasteiger partial charge in [-0.1, -0.05) is 30.8 Å². The average Bonchev–Trinajstić information content (AvgIpc) is 3.08. The van der Waals surface area contributed by atoms with Crippen LogP contribution in [-0.2, 0) is 14.3 Å². The van der Waals surface area contributed by atoms with E-state index in [1.807, 2.05) is 37.3 Å². The first-order valence-corrected chi connectivity index (χ1v) is 11.0. The van der Waals surface area contributed by atoms with Crippen LogP contribution >= 0.6 is 11.8 Å². The molecule has 0 aliphatic carbocycles. The minimum absolute atomic E-state index is 0.107. The Morgan fingerprint density at radius 1 is 1.12 bits per heavy atom. The van der Waals surface area contributed by atoms with Crippen LogP contribution in [0.15, 0.2) is 51.6 Å². The van der Waals surface area contributed by atoms with Crippen LogP contribution in [0.2, 0.25) is 0 Å². The summed E-state index contributed by atoms with van der Waals surface area (Å²) in [6, 6.07) is 9.40. The maximum atomic E-state index is 12.5. The van der Waals surface area contributed by atoms with Crippen LogP contribution < -0.4 is 9.47 Å². The van der Waals surface area contributed by atoms with Gasteiger partial charge >= 0.3 is 5.97 Å². The van der Waals surface area contributed by atoms with Gasteiger partial charge in [-0.2, -0.15) is 0 Å². The number of hydrogen-bond donors (Lipinski definition) is 1. The van der Waals surface area contributed by atoms with E-state index in [2.05, 4.69) is 4.99 Å². The topological polar surface area (TPSA) is 94.4 Å². The summed E-state index contributed by atoms with van der Waals surface area (Å²) in [5.41, 5.74) is 0.589. The molecule has 1 amide bonds. The Hall–Kier alpha value is -3.26. The first-order valence-electron chi connectivity index (χ1n) is 10.2. The van der Waals surface area contributed by atoms with Crippen LogP contribution in [0.1, 0.15) is 32.3 Å². The number of carbonyl (C=O) groups excluding carboxylic acids is 2. The molecule has 1 heterocycles. The highest BCUT2D eigenvalue weighted by atomic mass is 32.2. The zero-order valence-corrected chi connectivity index (χ0v) is 19.2. The van der Waals surface area contributed by atoms with Gasteiger partial charge in [0.15, 0.2) is 0 Å². The van der Waals surface area contributed by atoms with Gasteiger partial charge in [-0.05, 0) is 48.4 Å². The molecule has 1 N–H and O–H groups in total. The number of fused-ring (bicyclic) bond motifs is 1. The van der Waals surface area contributed by atoms with E-state index in [0.29, 0.717) is 28.4 Å². The Labute approximate surface area is 190 Å². The number of methoxy groups -OCH3 is 2. The number of benzene rings is 2. The standard InChI is InChI=1S/C24H25NO6S/c1-5-7-20(26)25-23-21(24(28)31-6-2)22(27)19(32-23)13-17-16-12-15(29-3)10-8-14(16)9-11-18(17)30-4/h8-13,27H,5-7H2,1-4H3/b19-13-,25-23?. The summed E-state index contributed by atoms with van der Waals surface area (Å²) in [4.78, 5) is 29.1. The molecule has 0 atom stereocenters. The molecule has 3 rings (SSSR count). The molecule has 0 saturated carbocycles. The van der Waals surface area contributed by atoms with Crippen molar-refractivity contribution < 1.29 is 28.9 Å². The van der Waals surface area contributed by atoms with Gasteiger partial charge in [0.25, 0.3) is 0 Å². The summed E-state index contributed by atoms with van der Waals surface area (Å²) in [5, 5.41) is 12.8. The van der Waals surface area contributed by atoms with Crippen LogP contribution in [0.3, 0.4) is 0 Å². The molecule has 0 bridgehead atoms. The second-order valence-electron chi connectivity index (χ2n) is 6.88. The van der Waals surface area contributed by atoms with Crippen molar-refractivity contribution in [3.8, 4) is 11.5 Å². The third-order valence-corrected chi connectivity index (χ3v) is 5.81. The number of hydrogen-bond acceptors (Lipinski definition) is 7. The maximum Gasteiger partial charge on any atom is 0.344 e. The molecule has 2 aromatic carbocycles. The van der Waals surface area contributed by atoms with Crippen molar-refractivity contribution >= 4 is 45.5 Å². The average molecular weight is 456 g/mol. The number of ether oxygens (including phenoxy) is 3. The van der Waals surface area contributed by atoms with Gasteiger partial charge in [0.1, 0.15) is 27.9 Å². The summed E-state index contributed by atoms with van der Waals surface area (Å²) in [5.74, 6) is -0.118. The molecule has 8 heteroatoms. The smallest absolute Gasteiger partial charge is 0.344 e. The SMILES string of the molecule is CCCC(=O)N=C1S/C(=C\c2c(OC)ccc3ccc(OC)cc23)C(O)=C1C(=O)OCC. The summed E-state index contributed by atoms with van der Waals surface area (Å²) < 4.78 is 16.0. The van der Waals surface area contributed by atoms with Crippen molar-refractivity contribution in [1.82, 2.24) is 0 Å². The second kappa shape index (κ2) is 10.4. The van der Waals surface area contributed by atoms with Gasteiger partial charge < -0.3 is 19.3 Å². The summed E-state index contributed by atoms with van der Waals surface area (Å²) >= 11 is 1.05. The van der Waals surface area contributed by atoms with E-state index >= 15 is 0 Å². The van der Waals surface area contributed by atoms with Gasteiger partial charge in [0.05, 0.1) is 25.7 Å². The highest BCUT2D eigenvalue weighted by Gasteiger charge is 2.34. The number of carbonyl (C=O) groups is 2. The van der Waals surface area contributed by atoms with Crippen LogP contribution in [0.25, 0.3) is 16.8 Å². The molecule has 0 saturated heterocycles. The summed E-state index contributed by atoms with van der Waals surface area (Å²) in [6.45, 7) is 3.67.